The molecule has 0 aromatic heterocycles. The first kappa shape index (κ1) is 29.3. The van der Waals surface area contributed by atoms with Gasteiger partial charge in [-0.15, -0.1) is 0 Å². The predicted octanol–water partition coefficient (Wildman–Crippen LogP) is 5.85. The number of nitrogens with zero attached hydrogens (tertiary/aromatic N) is 2. The maximum atomic E-state index is 13.7. The lowest BCUT2D eigenvalue weighted by molar-refractivity contribution is 0.485. The highest BCUT2D eigenvalue weighted by Crippen LogP contribution is 2.40. The molecule has 1 N–H and O–H groups in total. The Hall–Kier alpha value is -2.70. The van der Waals surface area contributed by atoms with Crippen molar-refractivity contribution in [2.75, 3.05) is 17.3 Å². The summed E-state index contributed by atoms with van der Waals surface area (Å²) in [4.78, 5) is -0.149. The monoisotopic (exact) mass is 613 g/mol. The number of sulfonamides is 1. The van der Waals surface area contributed by atoms with E-state index in [-0.39, 0.29) is 29.0 Å². The second kappa shape index (κ2) is 11.8. The van der Waals surface area contributed by atoms with Gasteiger partial charge in [0.25, 0.3) is 0 Å². The van der Waals surface area contributed by atoms with Gasteiger partial charge < -0.3 is 4.18 Å². The summed E-state index contributed by atoms with van der Waals surface area (Å²) in [6.07, 6.45) is 0.764. The number of hydrazone groups is 1. The number of nitrogens with one attached hydrogen (secondary N) is 1. The molecule has 0 saturated heterocycles. The molecule has 4 rings (SSSR count). The minimum Gasteiger partial charge on any atom is -0.382 e. The third-order valence-corrected chi connectivity index (χ3v) is 9.41. The molecule has 8 nitrogen and oxygen atoms in total. The number of halogens is 3. The zero-order valence-corrected chi connectivity index (χ0v) is 24.2. The number of anilines is 1. The zero-order chi connectivity index (χ0) is 28.4. The van der Waals surface area contributed by atoms with Crippen LogP contribution in [0.25, 0.3) is 0 Å². The summed E-state index contributed by atoms with van der Waals surface area (Å²) >= 11 is 12.5. The van der Waals surface area contributed by atoms with Gasteiger partial charge in [-0.3, -0.25) is 5.01 Å². The molecule has 3 aromatic rings. The van der Waals surface area contributed by atoms with Crippen LogP contribution in [0.3, 0.4) is 0 Å². The minimum atomic E-state index is -4.01. The maximum absolute atomic E-state index is 13.7. The van der Waals surface area contributed by atoms with Crippen LogP contribution in [-0.4, -0.2) is 34.8 Å². The molecule has 39 heavy (non-hydrogen) atoms. The van der Waals surface area contributed by atoms with Gasteiger partial charge in [0, 0.05) is 11.4 Å². The maximum Gasteiger partial charge on any atom is 0.309 e. The average molecular weight is 615 g/mol. The molecule has 1 aliphatic rings. The molecule has 208 valence electrons. The molecule has 13 heteroatoms. The summed E-state index contributed by atoms with van der Waals surface area (Å²) in [7, 11) is -7.70. The van der Waals surface area contributed by atoms with E-state index in [0.717, 1.165) is 11.6 Å². The Labute approximate surface area is 237 Å². The van der Waals surface area contributed by atoms with Crippen LogP contribution in [0, 0.1) is 12.7 Å². The highest BCUT2D eigenvalue weighted by Gasteiger charge is 2.31. The average Bonchev–Trinajstić information content (AvgIpc) is 3.28. The molecule has 1 unspecified atom stereocenters. The van der Waals surface area contributed by atoms with E-state index in [4.69, 9.17) is 27.4 Å². The van der Waals surface area contributed by atoms with Gasteiger partial charge in [0.2, 0.25) is 10.0 Å². The Morgan fingerprint density at radius 3 is 2.44 bits per heavy atom. The van der Waals surface area contributed by atoms with Crippen molar-refractivity contribution in [1.29, 1.82) is 0 Å². The fourth-order valence-electron chi connectivity index (χ4n) is 4.13. The number of benzene rings is 3. The first-order valence-corrected chi connectivity index (χ1v) is 15.8. The molecule has 0 radical (unpaired) electrons. The van der Waals surface area contributed by atoms with Gasteiger partial charge >= 0.3 is 10.1 Å². The van der Waals surface area contributed by atoms with E-state index < -0.39 is 26.0 Å². The van der Waals surface area contributed by atoms with Crippen molar-refractivity contribution in [3.8, 4) is 5.75 Å². The molecule has 3 aromatic carbocycles. The number of hydrogen-bond acceptors (Lipinski definition) is 7. The second-order valence-electron chi connectivity index (χ2n) is 8.97. The topological polar surface area (TPSA) is 105 Å². The fraction of sp³-hybridized carbons (Fsp3) is 0.269. The lowest BCUT2D eigenvalue weighted by atomic mass is 10.0. The Morgan fingerprint density at radius 1 is 1.05 bits per heavy atom. The summed E-state index contributed by atoms with van der Waals surface area (Å²) < 4.78 is 71.3. The predicted molar refractivity (Wildman–Crippen MR) is 151 cm³/mol. The van der Waals surface area contributed by atoms with Crippen molar-refractivity contribution < 1.29 is 25.4 Å². The van der Waals surface area contributed by atoms with E-state index in [1.807, 2.05) is 0 Å². The van der Waals surface area contributed by atoms with E-state index in [0.29, 0.717) is 39.8 Å². The smallest absolute Gasteiger partial charge is 0.309 e. The SMILES string of the molecule is CCCS(=O)(=O)Oc1ccc(C2CC(CNS(=O)(=O)c3cc(F)ccc3C)=NN2c2ccc(Cl)cc2Cl)cc1. The van der Waals surface area contributed by atoms with E-state index >= 15 is 0 Å². The highest BCUT2D eigenvalue weighted by molar-refractivity contribution is 7.89. The van der Waals surface area contributed by atoms with E-state index in [1.54, 1.807) is 61.3 Å². The lowest BCUT2D eigenvalue weighted by Gasteiger charge is -2.25. The van der Waals surface area contributed by atoms with Gasteiger partial charge in [0.05, 0.1) is 39.7 Å². The zero-order valence-electron chi connectivity index (χ0n) is 21.1. The Balaban J connectivity index is 1.60. The molecular weight excluding hydrogens is 588 g/mol. The summed E-state index contributed by atoms with van der Waals surface area (Å²) in [6.45, 7) is 3.22. The van der Waals surface area contributed by atoms with Crippen molar-refractivity contribution in [3.63, 3.8) is 0 Å². The number of aryl methyl sites for hydroxylation is 1. The molecule has 0 amide bonds. The van der Waals surface area contributed by atoms with E-state index in [1.165, 1.54) is 12.1 Å². The fourth-order valence-corrected chi connectivity index (χ4v) is 6.89. The van der Waals surface area contributed by atoms with Crippen molar-refractivity contribution in [3.05, 3.63) is 87.7 Å². The van der Waals surface area contributed by atoms with Crippen LogP contribution in [0.15, 0.2) is 70.7 Å². The van der Waals surface area contributed by atoms with Gasteiger partial charge in [-0.1, -0.05) is 48.3 Å². The van der Waals surface area contributed by atoms with Crippen LogP contribution in [0.5, 0.6) is 5.75 Å². The van der Waals surface area contributed by atoms with Crippen LogP contribution in [-0.2, 0) is 20.1 Å². The Kier molecular flexibility index (Phi) is 8.87. The third kappa shape index (κ3) is 7.09. The molecule has 0 bridgehead atoms. The summed E-state index contributed by atoms with van der Waals surface area (Å²) in [6, 6.07) is 14.7. The molecular formula is C26H26Cl2FN3O5S2. The molecule has 0 spiro atoms. The largest absolute Gasteiger partial charge is 0.382 e. The minimum absolute atomic E-state index is 0.0948. The molecule has 0 saturated carbocycles. The third-order valence-electron chi connectivity index (χ3n) is 5.98. The Morgan fingerprint density at radius 2 is 1.77 bits per heavy atom. The van der Waals surface area contributed by atoms with Crippen molar-refractivity contribution >= 4 is 54.7 Å². The van der Waals surface area contributed by atoms with Crippen LogP contribution >= 0.6 is 23.2 Å². The van der Waals surface area contributed by atoms with Gasteiger partial charge in [0.15, 0.2) is 0 Å². The van der Waals surface area contributed by atoms with Crippen molar-refractivity contribution in [2.24, 2.45) is 5.10 Å². The van der Waals surface area contributed by atoms with Gasteiger partial charge in [-0.2, -0.15) is 13.5 Å². The summed E-state index contributed by atoms with van der Waals surface area (Å²) in [5.74, 6) is -0.569. The standard InChI is InChI=1S/C26H26Cl2FN3O5S2/c1-3-12-38(33,34)37-22-9-5-18(6-10-22)25-15-21(31-32(25)24-11-7-19(27)13-23(24)28)16-30-39(35,36)26-14-20(29)8-4-17(26)2/h4-11,13-14,25,30H,3,12,15-16H2,1-2H3. The summed E-state index contributed by atoms with van der Waals surface area (Å²) in [5, 5.41) is 7.10. The molecule has 1 heterocycles. The van der Waals surface area contributed by atoms with Crippen molar-refractivity contribution in [1.82, 2.24) is 4.72 Å². The highest BCUT2D eigenvalue weighted by atomic mass is 35.5. The van der Waals surface area contributed by atoms with Gasteiger partial charge in [-0.05, 0) is 66.9 Å². The molecule has 0 aliphatic carbocycles. The molecule has 1 aliphatic heterocycles. The van der Waals surface area contributed by atoms with Crippen LogP contribution in [0.2, 0.25) is 10.0 Å². The Bertz CT molecular complexity index is 1610. The van der Waals surface area contributed by atoms with E-state index in [9.17, 15) is 21.2 Å². The van der Waals surface area contributed by atoms with Crippen molar-refractivity contribution in [2.45, 2.75) is 37.6 Å². The van der Waals surface area contributed by atoms with Gasteiger partial charge in [0.1, 0.15) is 11.6 Å². The van der Waals surface area contributed by atoms with Crippen LogP contribution in [0.1, 0.15) is 36.9 Å². The van der Waals surface area contributed by atoms with E-state index in [2.05, 4.69) is 9.82 Å². The second-order valence-corrected chi connectivity index (χ2v) is 13.2. The normalized spacial score (nSPS) is 15.9. The van der Waals surface area contributed by atoms with Crippen LogP contribution < -0.4 is 13.9 Å². The first-order valence-electron chi connectivity index (χ1n) is 12.0. The van der Waals surface area contributed by atoms with Crippen LogP contribution in [0.4, 0.5) is 10.1 Å². The van der Waals surface area contributed by atoms with Gasteiger partial charge in [-0.25, -0.2) is 17.5 Å². The molecule has 0 fully saturated rings. The first-order chi connectivity index (χ1) is 18.4. The molecule has 1 atom stereocenters. The number of hydrogen-bond donors (Lipinski definition) is 1. The number of rotatable bonds is 10. The quantitative estimate of drug-likeness (QED) is 0.288. The lowest BCUT2D eigenvalue weighted by Crippen LogP contribution is -2.29. The summed E-state index contributed by atoms with van der Waals surface area (Å²) in [5.41, 5.74) is 2.24.